The number of hydrogen-bond donors (Lipinski definition) is 0. The van der Waals surface area contributed by atoms with Gasteiger partial charge in [-0.1, -0.05) is 24.3 Å². The standard InChI is InChI=1S/C11H12O/c1-11-7-9-5-3-2-4-8(9)6-10(11)12-11/h2-5,10H,6-7H2,1H3/t10-,11+/m0/s1. The summed E-state index contributed by atoms with van der Waals surface area (Å²) in [6.45, 7) is 2.22. The Bertz CT molecular complexity index is 332. The van der Waals surface area contributed by atoms with E-state index in [0.717, 1.165) is 12.8 Å². The number of benzene rings is 1. The summed E-state index contributed by atoms with van der Waals surface area (Å²) < 4.78 is 5.65. The van der Waals surface area contributed by atoms with E-state index >= 15 is 0 Å². The van der Waals surface area contributed by atoms with Crippen molar-refractivity contribution >= 4 is 0 Å². The lowest BCUT2D eigenvalue weighted by atomic mass is 9.85. The highest BCUT2D eigenvalue weighted by Gasteiger charge is 2.54. The van der Waals surface area contributed by atoms with Gasteiger partial charge >= 0.3 is 0 Å². The Morgan fingerprint density at radius 1 is 1.33 bits per heavy atom. The van der Waals surface area contributed by atoms with Gasteiger partial charge in [0.1, 0.15) is 0 Å². The van der Waals surface area contributed by atoms with Crippen molar-refractivity contribution in [3.05, 3.63) is 35.4 Å². The Morgan fingerprint density at radius 2 is 2.08 bits per heavy atom. The molecule has 3 rings (SSSR count). The van der Waals surface area contributed by atoms with Gasteiger partial charge in [-0.15, -0.1) is 0 Å². The van der Waals surface area contributed by atoms with E-state index in [1.807, 2.05) is 0 Å². The Balaban J connectivity index is 2.06. The summed E-state index contributed by atoms with van der Waals surface area (Å²) in [5.41, 5.74) is 3.15. The zero-order valence-corrected chi connectivity index (χ0v) is 7.21. The van der Waals surface area contributed by atoms with Crippen molar-refractivity contribution in [3.8, 4) is 0 Å². The lowest BCUT2D eigenvalue weighted by molar-refractivity contribution is 0.312. The van der Waals surface area contributed by atoms with Crippen LogP contribution in [0.3, 0.4) is 0 Å². The molecule has 0 aromatic heterocycles. The van der Waals surface area contributed by atoms with Crippen LogP contribution in [0.4, 0.5) is 0 Å². The van der Waals surface area contributed by atoms with Crippen molar-refractivity contribution in [2.24, 2.45) is 0 Å². The van der Waals surface area contributed by atoms with Crippen molar-refractivity contribution in [2.75, 3.05) is 0 Å². The van der Waals surface area contributed by atoms with Crippen LogP contribution in [-0.4, -0.2) is 11.7 Å². The summed E-state index contributed by atoms with van der Waals surface area (Å²) >= 11 is 0. The summed E-state index contributed by atoms with van der Waals surface area (Å²) in [6, 6.07) is 8.67. The largest absolute Gasteiger partial charge is 0.366 e. The molecule has 1 heterocycles. The van der Waals surface area contributed by atoms with Gasteiger partial charge < -0.3 is 4.74 Å². The number of fused-ring (bicyclic) bond motifs is 2. The Hall–Kier alpha value is -0.820. The van der Waals surface area contributed by atoms with Crippen LogP contribution in [0.2, 0.25) is 0 Å². The van der Waals surface area contributed by atoms with Crippen LogP contribution in [0.15, 0.2) is 24.3 Å². The average molecular weight is 160 g/mol. The van der Waals surface area contributed by atoms with Crippen LogP contribution in [0.1, 0.15) is 18.1 Å². The minimum Gasteiger partial charge on any atom is -0.366 e. The topological polar surface area (TPSA) is 12.5 Å². The van der Waals surface area contributed by atoms with Gasteiger partial charge in [0.15, 0.2) is 0 Å². The highest BCUT2D eigenvalue weighted by atomic mass is 16.6. The fraction of sp³-hybridized carbons (Fsp3) is 0.455. The number of epoxide rings is 1. The second-order valence-electron chi connectivity index (χ2n) is 4.07. The van der Waals surface area contributed by atoms with E-state index in [4.69, 9.17) is 4.74 Å². The first-order valence-corrected chi connectivity index (χ1v) is 4.52. The van der Waals surface area contributed by atoms with E-state index in [1.54, 1.807) is 0 Å². The molecule has 2 aliphatic rings. The lowest BCUT2D eigenvalue weighted by Gasteiger charge is -2.16. The van der Waals surface area contributed by atoms with E-state index in [0.29, 0.717) is 6.10 Å². The maximum atomic E-state index is 5.65. The summed E-state index contributed by atoms with van der Waals surface area (Å²) in [5.74, 6) is 0. The zero-order valence-electron chi connectivity index (χ0n) is 7.21. The van der Waals surface area contributed by atoms with Gasteiger partial charge in [0.2, 0.25) is 0 Å². The average Bonchev–Trinajstić information content (AvgIpc) is 2.70. The van der Waals surface area contributed by atoms with Crippen LogP contribution in [0.5, 0.6) is 0 Å². The molecule has 1 aromatic carbocycles. The molecule has 1 aliphatic carbocycles. The molecule has 1 saturated heterocycles. The monoisotopic (exact) mass is 160 g/mol. The van der Waals surface area contributed by atoms with Gasteiger partial charge in [-0.05, 0) is 18.1 Å². The molecular formula is C11H12O. The van der Waals surface area contributed by atoms with Gasteiger partial charge in [-0.3, -0.25) is 0 Å². The Labute approximate surface area is 72.4 Å². The number of rotatable bonds is 0. The molecule has 0 spiro atoms. The van der Waals surface area contributed by atoms with Crippen molar-refractivity contribution in [3.63, 3.8) is 0 Å². The minimum absolute atomic E-state index is 0.189. The van der Waals surface area contributed by atoms with Crippen LogP contribution < -0.4 is 0 Å². The molecule has 0 unspecified atom stereocenters. The van der Waals surface area contributed by atoms with Crippen LogP contribution >= 0.6 is 0 Å². The second kappa shape index (κ2) is 1.91. The molecule has 12 heavy (non-hydrogen) atoms. The molecule has 1 fully saturated rings. The minimum atomic E-state index is 0.189. The molecule has 1 nitrogen and oxygen atoms in total. The van der Waals surface area contributed by atoms with Gasteiger partial charge in [0.25, 0.3) is 0 Å². The summed E-state index contributed by atoms with van der Waals surface area (Å²) in [5, 5.41) is 0. The summed E-state index contributed by atoms with van der Waals surface area (Å²) in [6.07, 6.45) is 2.73. The highest BCUT2D eigenvalue weighted by Crippen LogP contribution is 2.45. The van der Waals surface area contributed by atoms with E-state index < -0.39 is 0 Å². The second-order valence-corrected chi connectivity index (χ2v) is 4.07. The molecule has 0 N–H and O–H groups in total. The first kappa shape index (κ1) is 6.67. The predicted molar refractivity (Wildman–Crippen MR) is 47.1 cm³/mol. The van der Waals surface area contributed by atoms with Crippen molar-refractivity contribution in [1.29, 1.82) is 0 Å². The smallest absolute Gasteiger partial charge is 0.0964 e. The zero-order chi connectivity index (χ0) is 8.18. The fourth-order valence-corrected chi connectivity index (χ4v) is 2.21. The predicted octanol–water partition coefficient (Wildman–Crippen LogP) is 1.94. The lowest BCUT2D eigenvalue weighted by Crippen LogP contribution is -2.21. The number of ether oxygens (including phenoxy) is 1. The molecule has 1 aromatic rings. The number of hydrogen-bond acceptors (Lipinski definition) is 1. The quantitative estimate of drug-likeness (QED) is 0.528. The molecule has 0 amide bonds. The van der Waals surface area contributed by atoms with E-state index in [9.17, 15) is 0 Å². The molecule has 2 atom stereocenters. The maximum absolute atomic E-state index is 5.65. The summed E-state index contributed by atoms with van der Waals surface area (Å²) in [4.78, 5) is 0. The Morgan fingerprint density at radius 3 is 2.92 bits per heavy atom. The van der Waals surface area contributed by atoms with Crippen molar-refractivity contribution in [2.45, 2.75) is 31.5 Å². The maximum Gasteiger partial charge on any atom is 0.0964 e. The van der Waals surface area contributed by atoms with Gasteiger partial charge in [0, 0.05) is 12.8 Å². The molecular weight excluding hydrogens is 148 g/mol. The molecule has 0 bridgehead atoms. The fourth-order valence-electron chi connectivity index (χ4n) is 2.21. The van der Waals surface area contributed by atoms with Crippen LogP contribution in [-0.2, 0) is 17.6 Å². The van der Waals surface area contributed by atoms with Crippen molar-refractivity contribution < 1.29 is 4.74 Å². The van der Waals surface area contributed by atoms with Gasteiger partial charge in [-0.2, -0.15) is 0 Å². The summed E-state index contributed by atoms with van der Waals surface area (Å²) in [7, 11) is 0. The van der Waals surface area contributed by atoms with Gasteiger partial charge in [0.05, 0.1) is 11.7 Å². The van der Waals surface area contributed by atoms with Crippen LogP contribution in [0, 0.1) is 0 Å². The molecule has 62 valence electrons. The first-order chi connectivity index (χ1) is 5.78. The van der Waals surface area contributed by atoms with E-state index in [2.05, 4.69) is 31.2 Å². The van der Waals surface area contributed by atoms with Crippen LogP contribution in [0.25, 0.3) is 0 Å². The molecule has 1 aliphatic heterocycles. The normalized spacial score (nSPS) is 36.9. The third-order valence-electron chi connectivity index (χ3n) is 3.10. The SMILES string of the molecule is C[C@@]12Cc3ccccc3C[C@@H]1O2. The molecule has 0 saturated carbocycles. The third-order valence-corrected chi connectivity index (χ3v) is 3.10. The molecule has 0 radical (unpaired) electrons. The first-order valence-electron chi connectivity index (χ1n) is 4.52. The van der Waals surface area contributed by atoms with E-state index in [-0.39, 0.29) is 5.60 Å². The van der Waals surface area contributed by atoms with E-state index in [1.165, 1.54) is 11.1 Å². The molecule has 1 heteroatoms. The third kappa shape index (κ3) is 0.774. The Kier molecular flexibility index (Phi) is 1.06. The van der Waals surface area contributed by atoms with Crippen molar-refractivity contribution in [1.82, 2.24) is 0 Å². The van der Waals surface area contributed by atoms with Gasteiger partial charge in [-0.25, -0.2) is 0 Å². The highest BCUT2D eigenvalue weighted by molar-refractivity contribution is 5.35.